The number of hydrogen-bond acceptors (Lipinski definition) is 6. The van der Waals surface area contributed by atoms with Gasteiger partial charge in [0.15, 0.2) is 11.5 Å². The third-order valence-corrected chi connectivity index (χ3v) is 4.77. The molecule has 5 nitrogen and oxygen atoms in total. The Morgan fingerprint density at radius 1 is 0.960 bits per heavy atom. The molecule has 0 aliphatic carbocycles. The molecule has 130 valence electrons. The molecule has 0 atom stereocenters. The zero-order chi connectivity index (χ0) is 17.8. The van der Waals surface area contributed by atoms with Crippen molar-refractivity contribution in [1.82, 2.24) is 10.2 Å². The van der Waals surface area contributed by atoms with Gasteiger partial charge in [0.2, 0.25) is 5.89 Å². The highest BCUT2D eigenvalue weighted by Gasteiger charge is 2.12. The van der Waals surface area contributed by atoms with E-state index in [1.54, 1.807) is 14.2 Å². The number of hydrogen-bond donors (Lipinski definition) is 0. The lowest BCUT2D eigenvalue weighted by molar-refractivity contribution is 0.354. The summed E-state index contributed by atoms with van der Waals surface area (Å²) in [5.41, 5.74) is 4.38. The van der Waals surface area contributed by atoms with Gasteiger partial charge in [-0.05, 0) is 49.2 Å². The van der Waals surface area contributed by atoms with Crippen molar-refractivity contribution in [1.29, 1.82) is 0 Å². The number of aryl methyl sites for hydroxylation is 2. The number of ether oxygens (including phenoxy) is 2. The summed E-state index contributed by atoms with van der Waals surface area (Å²) in [5, 5.41) is 8.80. The van der Waals surface area contributed by atoms with Gasteiger partial charge in [0.25, 0.3) is 5.22 Å². The summed E-state index contributed by atoms with van der Waals surface area (Å²) in [6, 6.07) is 12.0. The van der Waals surface area contributed by atoms with Gasteiger partial charge in [0.1, 0.15) is 0 Å². The van der Waals surface area contributed by atoms with Crippen LogP contribution in [0.3, 0.4) is 0 Å². The molecule has 0 amide bonds. The monoisotopic (exact) mass is 356 g/mol. The summed E-state index contributed by atoms with van der Waals surface area (Å²) >= 11 is 1.50. The SMILES string of the molecule is COc1cc(C)c(CSc2nnc(-c3ccc(C)cc3)o2)cc1OC. The van der Waals surface area contributed by atoms with E-state index in [0.29, 0.717) is 16.9 Å². The lowest BCUT2D eigenvalue weighted by Gasteiger charge is -2.11. The average molecular weight is 356 g/mol. The van der Waals surface area contributed by atoms with Crippen LogP contribution in [0.1, 0.15) is 16.7 Å². The Bertz CT molecular complexity index is 860. The fourth-order valence-corrected chi connectivity index (χ4v) is 3.22. The topological polar surface area (TPSA) is 57.4 Å². The summed E-state index contributed by atoms with van der Waals surface area (Å²) in [7, 11) is 3.27. The van der Waals surface area contributed by atoms with E-state index in [2.05, 4.69) is 10.2 Å². The van der Waals surface area contributed by atoms with E-state index < -0.39 is 0 Å². The lowest BCUT2D eigenvalue weighted by atomic mass is 10.1. The summed E-state index contributed by atoms with van der Waals surface area (Å²) in [4.78, 5) is 0. The van der Waals surface area contributed by atoms with E-state index in [1.165, 1.54) is 17.3 Å². The van der Waals surface area contributed by atoms with E-state index in [0.717, 1.165) is 28.2 Å². The quantitative estimate of drug-likeness (QED) is 0.599. The minimum absolute atomic E-state index is 0.534. The molecular weight excluding hydrogens is 336 g/mol. The van der Waals surface area contributed by atoms with Crippen LogP contribution in [0, 0.1) is 13.8 Å². The van der Waals surface area contributed by atoms with Crippen LogP contribution in [0.25, 0.3) is 11.5 Å². The number of thioether (sulfide) groups is 1. The van der Waals surface area contributed by atoms with Gasteiger partial charge < -0.3 is 13.9 Å². The number of methoxy groups -OCH3 is 2. The van der Waals surface area contributed by atoms with Crippen LogP contribution in [0.5, 0.6) is 11.5 Å². The highest BCUT2D eigenvalue weighted by Crippen LogP contribution is 2.33. The largest absolute Gasteiger partial charge is 0.493 e. The van der Waals surface area contributed by atoms with Crippen LogP contribution in [0.4, 0.5) is 0 Å². The van der Waals surface area contributed by atoms with E-state index in [9.17, 15) is 0 Å². The van der Waals surface area contributed by atoms with Crippen LogP contribution in [-0.4, -0.2) is 24.4 Å². The molecule has 0 N–H and O–H groups in total. The van der Waals surface area contributed by atoms with E-state index >= 15 is 0 Å². The van der Waals surface area contributed by atoms with Crippen molar-refractivity contribution in [3.8, 4) is 23.0 Å². The second kappa shape index (κ2) is 7.61. The van der Waals surface area contributed by atoms with Crippen molar-refractivity contribution in [2.24, 2.45) is 0 Å². The van der Waals surface area contributed by atoms with Gasteiger partial charge in [0, 0.05) is 11.3 Å². The Morgan fingerprint density at radius 2 is 1.64 bits per heavy atom. The average Bonchev–Trinajstić information content (AvgIpc) is 3.10. The number of benzene rings is 2. The number of aromatic nitrogens is 2. The minimum atomic E-state index is 0.534. The Morgan fingerprint density at radius 3 is 2.32 bits per heavy atom. The molecule has 1 aromatic heterocycles. The summed E-state index contributed by atoms with van der Waals surface area (Å²) < 4.78 is 16.5. The molecule has 0 aliphatic heterocycles. The summed E-state index contributed by atoms with van der Waals surface area (Å²) in [6.07, 6.45) is 0. The van der Waals surface area contributed by atoms with Crippen molar-refractivity contribution >= 4 is 11.8 Å². The third-order valence-electron chi connectivity index (χ3n) is 3.90. The summed E-state index contributed by atoms with van der Waals surface area (Å²) in [5.74, 6) is 2.69. The molecular formula is C19H20N2O3S. The van der Waals surface area contributed by atoms with Gasteiger partial charge >= 0.3 is 0 Å². The zero-order valence-corrected chi connectivity index (χ0v) is 15.5. The molecule has 0 aliphatic rings. The molecule has 0 radical (unpaired) electrons. The van der Waals surface area contributed by atoms with Crippen molar-refractivity contribution in [2.75, 3.05) is 14.2 Å². The van der Waals surface area contributed by atoms with Crippen LogP contribution < -0.4 is 9.47 Å². The smallest absolute Gasteiger partial charge is 0.277 e. The highest BCUT2D eigenvalue weighted by molar-refractivity contribution is 7.98. The van der Waals surface area contributed by atoms with Crippen LogP contribution in [-0.2, 0) is 5.75 Å². The Hall–Kier alpha value is -2.47. The molecule has 25 heavy (non-hydrogen) atoms. The molecule has 3 aromatic rings. The molecule has 3 rings (SSSR count). The Labute approximate surface area is 151 Å². The zero-order valence-electron chi connectivity index (χ0n) is 14.7. The maximum absolute atomic E-state index is 5.76. The first-order chi connectivity index (χ1) is 12.1. The van der Waals surface area contributed by atoms with Crippen LogP contribution >= 0.6 is 11.8 Å². The van der Waals surface area contributed by atoms with Crippen LogP contribution in [0.2, 0.25) is 0 Å². The maximum atomic E-state index is 5.76. The molecule has 0 saturated carbocycles. The predicted molar refractivity (Wildman–Crippen MR) is 98.3 cm³/mol. The summed E-state index contributed by atoms with van der Waals surface area (Å²) in [6.45, 7) is 4.09. The highest BCUT2D eigenvalue weighted by atomic mass is 32.2. The van der Waals surface area contributed by atoms with Crippen molar-refractivity contribution in [3.05, 3.63) is 53.1 Å². The molecule has 0 fully saturated rings. The molecule has 2 aromatic carbocycles. The Kier molecular flexibility index (Phi) is 5.28. The van der Waals surface area contributed by atoms with Gasteiger partial charge in [-0.3, -0.25) is 0 Å². The molecule has 1 heterocycles. The fraction of sp³-hybridized carbons (Fsp3) is 0.263. The molecule has 0 bridgehead atoms. The van der Waals surface area contributed by atoms with Crippen LogP contribution in [0.15, 0.2) is 46.0 Å². The maximum Gasteiger partial charge on any atom is 0.277 e. The van der Waals surface area contributed by atoms with Gasteiger partial charge in [-0.2, -0.15) is 0 Å². The van der Waals surface area contributed by atoms with Gasteiger partial charge in [0.05, 0.1) is 14.2 Å². The predicted octanol–water partition coefficient (Wildman–Crippen LogP) is 4.66. The molecule has 0 spiro atoms. The Balaban J connectivity index is 1.73. The molecule has 6 heteroatoms. The molecule has 0 unspecified atom stereocenters. The second-order valence-electron chi connectivity index (χ2n) is 5.66. The molecule has 0 saturated heterocycles. The van der Waals surface area contributed by atoms with Gasteiger partial charge in [-0.25, -0.2) is 0 Å². The normalized spacial score (nSPS) is 10.7. The number of rotatable bonds is 6. The van der Waals surface area contributed by atoms with Gasteiger partial charge in [-0.1, -0.05) is 29.5 Å². The van der Waals surface area contributed by atoms with Crippen molar-refractivity contribution in [3.63, 3.8) is 0 Å². The lowest BCUT2D eigenvalue weighted by Crippen LogP contribution is -1.95. The van der Waals surface area contributed by atoms with E-state index in [1.807, 2.05) is 50.2 Å². The van der Waals surface area contributed by atoms with Crippen molar-refractivity contribution < 1.29 is 13.9 Å². The van der Waals surface area contributed by atoms with E-state index in [-0.39, 0.29) is 0 Å². The first-order valence-corrected chi connectivity index (χ1v) is 8.84. The second-order valence-corrected chi connectivity index (χ2v) is 6.59. The standard InChI is InChI=1S/C19H20N2O3S/c1-12-5-7-14(8-6-12)18-20-21-19(24-18)25-11-15-10-17(23-4)16(22-3)9-13(15)2/h5-10H,11H2,1-4H3. The third kappa shape index (κ3) is 3.96. The van der Waals surface area contributed by atoms with Gasteiger partial charge in [-0.15, -0.1) is 10.2 Å². The number of nitrogens with zero attached hydrogens (tertiary/aromatic N) is 2. The van der Waals surface area contributed by atoms with E-state index in [4.69, 9.17) is 13.9 Å². The minimum Gasteiger partial charge on any atom is -0.493 e. The van der Waals surface area contributed by atoms with Crippen molar-refractivity contribution in [2.45, 2.75) is 24.8 Å². The fourth-order valence-electron chi connectivity index (χ4n) is 2.40. The first-order valence-electron chi connectivity index (χ1n) is 7.85. The first kappa shape index (κ1) is 17.4.